The Morgan fingerprint density at radius 2 is 0.676 bits per heavy atom. The van der Waals surface area contributed by atoms with Gasteiger partial charge in [0, 0.05) is 39.9 Å². The Labute approximate surface area is 254 Å². The van der Waals surface area contributed by atoms with E-state index in [0.717, 1.165) is 0 Å². The molecule has 0 heterocycles. The topological polar surface area (TPSA) is 0 Å². The highest BCUT2D eigenvalue weighted by molar-refractivity contribution is 8.18. The van der Waals surface area contributed by atoms with E-state index in [1.54, 1.807) is 11.8 Å². The summed E-state index contributed by atoms with van der Waals surface area (Å²) in [6, 6.07) is 38.9. The van der Waals surface area contributed by atoms with Gasteiger partial charge in [0.1, 0.15) is 0 Å². The lowest BCUT2D eigenvalue weighted by Gasteiger charge is -2.19. The summed E-state index contributed by atoms with van der Waals surface area (Å²) in [5, 5.41) is 0.550. The second-order valence-electron chi connectivity index (χ2n) is 8.36. The van der Waals surface area contributed by atoms with Gasteiger partial charge >= 0.3 is 0 Å². The molecule has 0 nitrogen and oxygen atoms in total. The second-order valence-corrected chi connectivity index (χ2v) is 16.6. The van der Waals surface area contributed by atoms with Crippen LogP contribution in [0.25, 0.3) is 0 Å². The minimum Gasteiger partial charge on any atom is -0.174 e. The molecular weight excluding hydrogens is 585 g/mol. The molecule has 0 spiro atoms. The van der Waals surface area contributed by atoms with Crippen LogP contribution in [0.15, 0.2) is 139 Å². The van der Waals surface area contributed by atoms with Crippen molar-refractivity contribution in [1.29, 1.82) is 0 Å². The first-order chi connectivity index (χ1) is 18.0. The first-order valence-electron chi connectivity index (χ1n) is 12.0. The fourth-order valence-electron chi connectivity index (χ4n) is 3.29. The third-order valence-electron chi connectivity index (χ3n) is 5.17. The number of hydrogen-bond acceptors (Lipinski definition) is 7. The van der Waals surface area contributed by atoms with E-state index >= 15 is 0 Å². The molecule has 0 aromatic heterocycles. The van der Waals surface area contributed by atoms with Gasteiger partial charge in [-0.05, 0) is 72.8 Å². The van der Waals surface area contributed by atoms with Crippen molar-refractivity contribution in [3.8, 4) is 0 Å². The monoisotopic (exact) mass is 614 g/mol. The van der Waals surface area contributed by atoms with E-state index in [4.69, 9.17) is 25.3 Å². The van der Waals surface area contributed by atoms with Crippen LogP contribution in [0.1, 0.15) is 13.8 Å². The smallest absolute Gasteiger partial charge is 0.0709 e. The van der Waals surface area contributed by atoms with Gasteiger partial charge in [-0.15, -0.1) is 47.0 Å². The fourth-order valence-corrected chi connectivity index (χ4v) is 9.63. The van der Waals surface area contributed by atoms with Gasteiger partial charge in [-0.1, -0.05) is 62.0 Å². The van der Waals surface area contributed by atoms with E-state index in [1.165, 1.54) is 29.4 Å². The lowest BCUT2D eigenvalue weighted by Crippen LogP contribution is -2.09. The molecule has 0 saturated heterocycles. The van der Waals surface area contributed by atoms with Gasteiger partial charge in [0.25, 0.3) is 0 Å². The van der Waals surface area contributed by atoms with E-state index in [-0.39, 0.29) is 10.5 Å². The summed E-state index contributed by atoms with van der Waals surface area (Å²) < 4.78 is 0.691. The zero-order chi connectivity index (χ0) is 26.0. The summed E-state index contributed by atoms with van der Waals surface area (Å²) in [5.41, 5.74) is 0. The van der Waals surface area contributed by atoms with Gasteiger partial charge in [0.05, 0.1) is 9.16 Å². The van der Waals surface area contributed by atoms with Crippen molar-refractivity contribution in [1.82, 2.24) is 0 Å². The Hall–Kier alpha value is -0.670. The average Bonchev–Trinajstić information content (AvgIpc) is 2.91. The molecule has 0 radical (unpaired) electrons. The molecule has 0 aliphatic rings. The Morgan fingerprint density at radius 1 is 0.405 bits per heavy atom. The van der Waals surface area contributed by atoms with Crippen LogP contribution in [0.5, 0.6) is 0 Å². The molecule has 0 fully saturated rings. The molecule has 4 aromatic carbocycles. The zero-order valence-corrected chi connectivity index (χ0v) is 26.5. The maximum absolute atomic E-state index is 4.75. The lowest BCUT2D eigenvalue weighted by atomic mass is 10.4. The molecule has 4 unspecified atom stereocenters. The van der Waals surface area contributed by atoms with Gasteiger partial charge in [-0.25, -0.2) is 0 Å². The van der Waals surface area contributed by atoms with Crippen molar-refractivity contribution in [3.63, 3.8) is 0 Å². The fraction of sp³-hybridized carbons (Fsp3) is 0.200. The predicted octanol–water partition coefficient (Wildman–Crippen LogP) is 10.9. The molecule has 0 aliphatic heterocycles. The summed E-state index contributed by atoms with van der Waals surface area (Å²) in [7, 11) is 0. The Kier molecular flexibility index (Phi) is 12.0. The predicted molar refractivity (Wildman–Crippen MR) is 178 cm³/mol. The zero-order valence-electron chi connectivity index (χ0n) is 20.6. The van der Waals surface area contributed by atoms with Crippen LogP contribution < -0.4 is 0 Å². The van der Waals surface area contributed by atoms with Crippen LogP contribution in [0.3, 0.4) is 0 Å². The third-order valence-corrected chi connectivity index (χ3v) is 13.5. The molecule has 4 atom stereocenters. The van der Waals surface area contributed by atoms with Crippen LogP contribution >= 0.6 is 84.1 Å². The standard InChI is InChI=1S/C30H30S7/c1-21(31)29(34-23-9-5-3-6-10-23)36-27-17-13-25(14-18-27)33-26-15-19-28(20-16-26)37-30(22(2)32)35-24-11-7-4-8-12-24/h3-22,29-32H,1-2H3. The van der Waals surface area contributed by atoms with Crippen molar-refractivity contribution in [2.45, 2.75) is 62.9 Å². The van der Waals surface area contributed by atoms with E-state index in [2.05, 4.69) is 123 Å². The van der Waals surface area contributed by atoms with Gasteiger partial charge in [0.15, 0.2) is 0 Å². The Bertz CT molecular complexity index is 1100. The molecule has 0 saturated carbocycles. The number of benzene rings is 4. The summed E-state index contributed by atoms with van der Waals surface area (Å²) >= 11 is 18.8. The number of thiol groups is 2. The third kappa shape index (κ3) is 9.79. The largest absolute Gasteiger partial charge is 0.174 e. The van der Waals surface area contributed by atoms with E-state index in [9.17, 15) is 0 Å². The van der Waals surface area contributed by atoms with Crippen molar-refractivity contribution in [3.05, 3.63) is 109 Å². The number of thioether (sulfide) groups is 4. The number of hydrogen-bond donors (Lipinski definition) is 2. The minimum absolute atomic E-state index is 0.275. The molecule has 0 amide bonds. The first-order valence-corrected chi connectivity index (χ1v) is 17.3. The minimum atomic E-state index is 0.275. The molecule has 4 rings (SSSR count). The van der Waals surface area contributed by atoms with Gasteiger partial charge in [0.2, 0.25) is 0 Å². The molecule has 4 aromatic rings. The SMILES string of the molecule is CC(S)C(Sc1ccccc1)Sc1ccc(Sc2ccc(SC(Sc3ccccc3)C(C)S)cc2)cc1. The van der Waals surface area contributed by atoms with Crippen molar-refractivity contribution < 1.29 is 0 Å². The molecule has 0 aliphatic carbocycles. The summed E-state index contributed by atoms with van der Waals surface area (Å²) in [5.74, 6) is 0. The van der Waals surface area contributed by atoms with E-state index in [1.807, 2.05) is 47.0 Å². The highest BCUT2D eigenvalue weighted by Crippen LogP contribution is 2.41. The second kappa shape index (κ2) is 15.2. The highest BCUT2D eigenvalue weighted by atomic mass is 32.2. The molecule has 0 N–H and O–H groups in total. The summed E-state index contributed by atoms with van der Waals surface area (Å²) in [4.78, 5) is 7.60. The first kappa shape index (κ1) is 29.3. The normalized spacial score (nSPS) is 14.6. The maximum atomic E-state index is 4.75. The highest BCUT2D eigenvalue weighted by Gasteiger charge is 2.18. The molecule has 192 valence electrons. The van der Waals surface area contributed by atoms with Crippen LogP contribution in [-0.4, -0.2) is 19.7 Å². The maximum Gasteiger partial charge on any atom is 0.0709 e. The number of rotatable bonds is 12. The van der Waals surface area contributed by atoms with Crippen LogP contribution in [0.4, 0.5) is 0 Å². The van der Waals surface area contributed by atoms with Crippen molar-refractivity contribution in [2.24, 2.45) is 0 Å². The molecular formula is C30H30S7. The summed E-state index contributed by atoms with van der Waals surface area (Å²) in [6.07, 6.45) is 0. The van der Waals surface area contributed by atoms with Crippen LogP contribution in [0.2, 0.25) is 0 Å². The van der Waals surface area contributed by atoms with Gasteiger partial charge in [-0.3, -0.25) is 0 Å². The Balaban J connectivity index is 1.33. The lowest BCUT2D eigenvalue weighted by molar-refractivity contribution is 1.09. The molecule has 7 heteroatoms. The van der Waals surface area contributed by atoms with Crippen molar-refractivity contribution >= 4 is 84.1 Å². The van der Waals surface area contributed by atoms with Crippen molar-refractivity contribution in [2.75, 3.05) is 0 Å². The van der Waals surface area contributed by atoms with E-state index < -0.39 is 0 Å². The van der Waals surface area contributed by atoms with Gasteiger partial charge in [-0.2, -0.15) is 25.3 Å². The van der Waals surface area contributed by atoms with Gasteiger partial charge < -0.3 is 0 Å². The quantitative estimate of drug-likeness (QED) is 0.0922. The molecule has 0 bridgehead atoms. The Morgan fingerprint density at radius 3 is 0.973 bits per heavy atom. The summed E-state index contributed by atoms with van der Waals surface area (Å²) in [6.45, 7) is 4.34. The van der Waals surface area contributed by atoms with Crippen LogP contribution in [0, 0.1) is 0 Å². The van der Waals surface area contributed by atoms with E-state index in [0.29, 0.717) is 9.16 Å². The average molecular weight is 615 g/mol. The molecule has 37 heavy (non-hydrogen) atoms. The van der Waals surface area contributed by atoms with Crippen LogP contribution in [-0.2, 0) is 0 Å².